The molecule has 1 aromatic heterocycles. The van der Waals surface area contributed by atoms with Gasteiger partial charge in [0.25, 0.3) is 0 Å². The number of rotatable bonds is 4. The fraction of sp³-hybridized carbons (Fsp3) is 0.800. The number of hydrogen-bond acceptors (Lipinski definition) is 4. The zero-order valence-electron chi connectivity index (χ0n) is 13.5. The molecule has 0 saturated heterocycles. The molecule has 1 amide bonds. The normalized spacial score (nSPS) is 23.1. The van der Waals surface area contributed by atoms with E-state index in [9.17, 15) is 4.79 Å². The van der Waals surface area contributed by atoms with Gasteiger partial charge in [0.15, 0.2) is 0 Å². The molecule has 0 unspecified atom stereocenters. The third kappa shape index (κ3) is 4.03. The van der Waals surface area contributed by atoms with Gasteiger partial charge in [-0.25, -0.2) is 4.68 Å². The molecule has 6 heteroatoms. The van der Waals surface area contributed by atoms with Gasteiger partial charge in [-0.3, -0.25) is 4.79 Å². The number of likely N-dealkylation sites (N-methyl/N-ethyl adjacent to an activating group) is 1. The Morgan fingerprint density at radius 3 is 2.57 bits per heavy atom. The number of nitrogens with zero attached hydrogens (tertiary/aromatic N) is 4. The monoisotopic (exact) mass is 293 g/mol. The summed E-state index contributed by atoms with van der Waals surface area (Å²) >= 11 is 0. The Kier molecular flexibility index (Phi) is 4.66. The Morgan fingerprint density at radius 1 is 1.43 bits per heavy atom. The van der Waals surface area contributed by atoms with Crippen molar-refractivity contribution in [1.29, 1.82) is 0 Å². The van der Waals surface area contributed by atoms with E-state index in [2.05, 4.69) is 17.2 Å². The SMILES string of the molecule is CC1CCC(N(C)C(=O)Cn2cc(C(C)(C)N)nn2)CC1. The average molecular weight is 293 g/mol. The van der Waals surface area contributed by atoms with Crippen molar-refractivity contribution in [2.24, 2.45) is 11.7 Å². The minimum Gasteiger partial charge on any atom is -0.341 e. The fourth-order valence-electron chi connectivity index (χ4n) is 2.75. The van der Waals surface area contributed by atoms with E-state index in [0.29, 0.717) is 11.7 Å². The van der Waals surface area contributed by atoms with Gasteiger partial charge in [-0.1, -0.05) is 12.1 Å². The van der Waals surface area contributed by atoms with Gasteiger partial charge in [0, 0.05) is 13.1 Å². The number of amides is 1. The summed E-state index contributed by atoms with van der Waals surface area (Å²) in [5, 5.41) is 8.04. The number of aromatic nitrogens is 3. The zero-order valence-corrected chi connectivity index (χ0v) is 13.5. The van der Waals surface area contributed by atoms with Gasteiger partial charge in [0.2, 0.25) is 5.91 Å². The third-order valence-corrected chi connectivity index (χ3v) is 4.42. The Balaban J connectivity index is 1.93. The molecule has 0 aromatic carbocycles. The van der Waals surface area contributed by atoms with E-state index in [1.54, 1.807) is 10.9 Å². The van der Waals surface area contributed by atoms with Crippen LogP contribution in [0.15, 0.2) is 6.20 Å². The van der Waals surface area contributed by atoms with Gasteiger partial charge in [-0.05, 0) is 45.4 Å². The van der Waals surface area contributed by atoms with Crippen LogP contribution in [0.3, 0.4) is 0 Å². The molecule has 1 aliphatic rings. The molecule has 1 heterocycles. The van der Waals surface area contributed by atoms with E-state index >= 15 is 0 Å². The van der Waals surface area contributed by atoms with E-state index < -0.39 is 5.54 Å². The quantitative estimate of drug-likeness (QED) is 0.913. The Hall–Kier alpha value is -1.43. The maximum Gasteiger partial charge on any atom is 0.244 e. The molecule has 0 atom stereocenters. The van der Waals surface area contributed by atoms with Gasteiger partial charge in [-0.15, -0.1) is 5.10 Å². The molecule has 2 N–H and O–H groups in total. The lowest BCUT2D eigenvalue weighted by Crippen LogP contribution is -2.41. The second-order valence-corrected chi connectivity index (χ2v) is 6.94. The van der Waals surface area contributed by atoms with E-state index in [4.69, 9.17) is 5.73 Å². The molecule has 1 saturated carbocycles. The Bertz CT molecular complexity index is 482. The summed E-state index contributed by atoms with van der Waals surface area (Å²) in [6, 6.07) is 0.364. The van der Waals surface area contributed by atoms with Crippen LogP contribution in [0.25, 0.3) is 0 Å². The van der Waals surface area contributed by atoms with Crippen LogP contribution < -0.4 is 5.73 Å². The molecule has 0 spiro atoms. The van der Waals surface area contributed by atoms with E-state index in [1.165, 1.54) is 12.8 Å². The predicted molar refractivity (Wildman–Crippen MR) is 81.4 cm³/mol. The van der Waals surface area contributed by atoms with Crippen molar-refractivity contribution in [3.63, 3.8) is 0 Å². The first-order valence-corrected chi connectivity index (χ1v) is 7.72. The average Bonchev–Trinajstić information content (AvgIpc) is 2.87. The molecule has 0 aliphatic heterocycles. The lowest BCUT2D eigenvalue weighted by Gasteiger charge is -2.33. The highest BCUT2D eigenvalue weighted by Crippen LogP contribution is 2.26. The maximum absolute atomic E-state index is 12.4. The van der Waals surface area contributed by atoms with Crippen molar-refractivity contribution in [2.45, 2.75) is 64.6 Å². The lowest BCUT2D eigenvalue weighted by atomic mass is 9.87. The highest BCUT2D eigenvalue weighted by molar-refractivity contribution is 5.75. The summed E-state index contributed by atoms with van der Waals surface area (Å²) in [6.07, 6.45) is 6.37. The molecule has 21 heavy (non-hydrogen) atoms. The van der Waals surface area contributed by atoms with Gasteiger partial charge in [-0.2, -0.15) is 0 Å². The third-order valence-electron chi connectivity index (χ3n) is 4.42. The summed E-state index contributed by atoms with van der Waals surface area (Å²) in [5.74, 6) is 0.871. The smallest absolute Gasteiger partial charge is 0.244 e. The standard InChI is InChI=1S/C15H27N5O/c1-11-5-7-12(8-6-11)19(4)14(21)10-20-9-13(17-18-20)15(2,3)16/h9,11-12H,5-8,10,16H2,1-4H3. The van der Waals surface area contributed by atoms with E-state index in [0.717, 1.165) is 18.8 Å². The van der Waals surface area contributed by atoms with Crippen molar-refractivity contribution < 1.29 is 4.79 Å². The summed E-state index contributed by atoms with van der Waals surface area (Å²) in [7, 11) is 1.90. The molecule has 1 fully saturated rings. The predicted octanol–water partition coefficient (Wildman–Crippen LogP) is 1.51. The van der Waals surface area contributed by atoms with Crippen LogP contribution in [0, 0.1) is 5.92 Å². The number of carbonyl (C=O) groups is 1. The van der Waals surface area contributed by atoms with Crippen LogP contribution in [0.5, 0.6) is 0 Å². The van der Waals surface area contributed by atoms with E-state index in [1.807, 2.05) is 25.8 Å². The van der Waals surface area contributed by atoms with Crippen LogP contribution >= 0.6 is 0 Å². The second-order valence-electron chi connectivity index (χ2n) is 6.94. The summed E-state index contributed by atoms with van der Waals surface area (Å²) in [5.41, 5.74) is 6.14. The largest absolute Gasteiger partial charge is 0.341 e. The van der Waals surface area contributed by atoms with E-state index in [-0.39, 0.29) is 12.5 Å². The van der Waals surface area contributed by atoms with Crippen LogP contribution in [0.1, 0.15) is 52.1 Å². The molecule has 6 nitrogen and oxygen atoms in total. The highest BCUT2D eigenvalue weighted by Gasteiger charge is 2.25. The molecular formula is C15H27N5O. The molecule has 2 rings (SSSR count). The first-order valence-electron chi connectivity index (χ1n) is 7.72. The number of nitrogens with two attached hydrogens (primary N) is 1. The minimum absolute atomic E-state index is 0.0841. The van der Waals surface area contributed by atoms with Crippen LogP contribution in [-0.2, 0) is 16.9 Å². The highest BCUT2D eigenvalue weighted by atomic mass is 16.2. The maximum atomic E-state index is 12.4. The van der Waals surface area contributed by atoms with Crippen LogP contribution in [0.4, 0.5) is 0 Å². The van der Waals surface area contributed by atoms with Gasteiger partial charge >= 0.3 is 0 Å². The summed E-state index contributed by atoms with van der Waals surface area (Å²) in [4.78, 5) is 14.2. The molecular weight excluding hydrogens is 266 g/mol. The molecule has 1 aliphatic carbocycles. The van der Waals surface area contributed by atoms with Gasteiger partial charge in [0.05, 0.1) is 11.7 Å². The molecule has 0 bridgehead atoms. The summed E-state index contributed by atoms with van der Waals surface area (Å²) in [6.45, 7) is 6.26. The fourth-order valence-corrected chi connectivity index (χ4v) is 2.75. The first-order chi connectivity index (χ1) is 9.77. The first kappa shape index (κ1) is 15.9. The zero-order chi connectivity index (χ0) is 15.6. The minimum atomic E-state index is -0.535. The van der Waals surface area contributed by atoms with Crippen molar-refractivity contribution in [3.05, 3.63) is 11.9 Å². The number of hydrogen-bond donors (Lipinski definition) is 1. The Labute approximate surface area is 126 Å². The Morgan fingerprint density at radius 2 is 2.05 bits per heavy atom. The van der Waals surface area contributed by atoms with Crippen LogP contribution in [-0.4, -0.2) is 38.9 Å². The van der Waals surface area contributed by atoms with Crippen molar-refractivity contribution in [2.75, 3.05) is 7.05 Å². The van der Waals surface area contributed by atoms with Crippen LogP contribution in [0.2, 0.25) is 0 Å². The molecule has 0 radical (unpaired) electrons. The molecule has 1 aromatic rings. The van der Waals surface area contributed by atoms with Gasteiger partial charge in [0.1, 0.15) is 12.2 Å². The van der Waals surface area contributed by atoms with Crippen molar-refractivity contribution in [3.8, 4) is 0 Å². The second kappa shape index (κ2) is 6.13. The van der Waals surface area contributed by atoms with Crippen molar-refractivity contribution >= 4 is 5.91 Å². The lowest BCUT2D eigenvalue weighted by molar-refractivity contribution is -0.133. The van der Waals surface area contributed by atoms with Crippen molar-refractivity contribution in [1.82, 2.24) is 19.9 Å². The topological polar surface area (TPSA) is 77.0 Å². The van der Waals surface area contributed by atoms with Gasteiger partial charge < -0.3 is 10.6 Å². The number of carbonyl (C=O) groups excluding carboxylic acids is 1. The molecule has 118 valence electrons. The summed E-state index contributed by atoms with van der Waals surface area (Å²) < 4.78 is 1.58.